The van der Waals surface area contributed by atoms with E-state index in [1.165, 1.54) is 6.07 Å². The SMILES string of the molecule is Cc1c(C(=O)NC2C3CC4CC2CC(C(N)=O)(C4)C3)nn(C)c1N1CCc2cc(F)c(Cl)cc21. The number of fused-ring (bicyclic) bond motifs is 1. The lowest BCUT2D eigenvalue weighted by molar-refractivity contribution is -0.145. The van der Waals surface area contributed by atoms with E-state index in [1.807, 2.05) is 14.0 Å². The van der Waals surface area contributed by atoms with Gasteiger partial charge in [0, 0.05) is 36.3 Å². The van der Waals surface area contributed by atoms with Crippen LogP contribution in [-0.2, 0) is 18.3 Å². The van der Waals surface area contributed by atoms with Crippen LogP contribution in [0.25, 0.3) is 0 Å². The van der Waals surface area contributed by atoms with Gasteiger partial charge in [-0.25, -0.2) is 4.39 Å². The monoisotopic (exact) mass is 485 g/mol. The fraction of sp³-hybridized carbons (Fsp3) is 0.560. The molecular weight excluding hydrogens is 457 g/mol. The second kappa shape index (κ2) is 7.44. The molecule has 2 atom stereocenters. The predicted octanol–water partition coefficient (Wildman–Crippen LogP) is 3.63. The number of primary amides is 1. The predicted molar refractivity (Wildman–Crippen MR) is 127 cm³/mol. The van der Waals surface area contributed by atoms with Gasteiger partial charge >= 0.3 is 0 Å². The molecule has 3 N–H and O–H groups in total. The van der Waals surface area contributed by atoms with Gasteiger partial charge < -0.3 is 16.0 Å². The summed E-state index contributed by atoms with van der Waals surface area (Å²) in [5, 5.41) is 7.94. The summed E-state index contributed by atoms with van der Waals surface area (Å²) in [5.41, 5.74) is 8.35. The third-order valence-corrected chi connectivity index (χ3v) is 9.12. The fourth-order valence-corrected chi connectivity index (χ4v) is 7.75. The highest BCUT2D eigenvalue weighted by Crippen LogP contribution is 2.60. The van der Waals surface area contributed by atoms with E-state index in [-0.39, 0.29) is 40.1 Å². The van der Waals surface area contributed by atoms with Crippen molar-refractivity contribution in [2.45, 2.75) is 51.5 Å². The van der Waals surface area contributed by atoms with Gasteiger partial charge in [-0.15, -0.1) is 0 Å². The Balaban J connectivity index is 1.26. The lowest BCUT2D eigenvalue weighted by atomic mass is 9.47. The summed E-state index contributed by atoms with van der Waals surface area (Å²) in [6.45, 7) is 2.57. The minimum absolute atomic E-state index is 0.0516. The smallest absolute Gasteiger partial charge is 0.272 e. The molecule has 2 unspecified atom stereocenters. The molecule has 0 saturated heterocycles. The van der Waals surface area contributed by atoms with Gasteiger partial charge in [-0.3, -0.25) is 14.3 Å². The van der Waals surface area contributed by atoms with Crippen LogP contribution >= 0.6 is 11.6 Å². The second-order valence-corrected chi connectivity index (χ2v) is 11.2. The number of halogens is 2. The van der Waals surface area contributed by atoms with Gasteiger partial charge in [0.05, 0.1) is 5.02 Å². The van der Waals surface area contributed by atoms with Gasteiger partial charge in [0.1, 0.15) is 11.6 Å². The standard InChI is InChI=1S/C25H29ClFN5O2/c1-12-20(30-31(2)23(12)32-4-3-14-7-18(27)17(26)8-19(14)32)22(33)29-21-15-5-13-6-16(21)11-25(9-13,10-15)24(28)34/h7-8,13,15-16,21H,3-6,9-11H2,1-2H3,(H2,28,34)(H,29,33). The maximum Gasteiger partial charge on any atom is 0.272 e. The van der Waals surface area contributed by atoms with Gasteiger partial charge in [0.25, 0.3) is 5.91 Å². The zero-order valence-corrected chi connectivity index (χ0v) is 20.2. The van der Waals surface area contributed by atoms with Gasteiger partial charge in [-0.2, -0.15) is 5.10 Å². The van der Waals surface area contributed by atoms with Crippen LogP contribution in [0.2, 0.25) is 5.02 Å². The molecule has 7 nitrogen and oxygen atoms in total. The van der Waals surface area contributed by atoms with Crippen LogP contribution in [0.4, 0.5) is 15.9 Å². The van der Waals surface area contributed by atoms with Crippen molar-refractivity contribution in [1.82, 2.24) is 15.1 Å². The quantitative estimate of drug-likeness (QED) is 0.691. The molecule has 5 aliphatic rings. The minimum Gasteiger partial charge on any atom is -0.369 e. The number of amides is 2. The van der Waals surface area contributed by atoms with Crippen LogP contribution in [0.5, 0.6) is 0 Å². The normalized spacial score (nSPS) is 31.1. The molecule has 4 bridgehead atoms. The summed E-state index contributed by atoms with van der Waals surface area (Å²) in [5.74, 6) is 1.15. The number of aryl methyl sites for hydroxylation is 1. The zero-order valence-electron chi connectivity index (χ0n) is 19.4. The zero-order chi connectivity index (χ0) is 23.9. The average molecular weight is 486 g/mol. The van der Waals surface area contributed by atoms with Gasteiger partial charge in [0.15, 0.2) is 5.69 Å². The number of carbonyl (C=O) groups excluding carboxylic acids is 2. The summed E-state index contributed by atoms with van der Waals surface area (Å²) >= 11 is 6.06. The number of aromatic nitrogens is 2. The summed E-state index contributed by atoms with van der Waals surface area (Å²) < 4.78 is 15.7. The first-order valence-corrected chi connectivity index (χ1v) is 12.4. The highest BCUT2D eigenvalue weighted by molar-refractivity contribution is 6.31. The lowest BCUT2D eigenvalue weighted by Crippen LogP contribution is -2.62. The summed E-state index contributed by atoms with van der Waals surface area (Å²) in [6.07, 6.45) is 5.24. The van der Waals surface area contributed by atoms with Crippen molar-refractivity contribution in [3.05, 3.63) is 39.8 Å². The molecule has 4 saturated carbocycles. The van der Waals surface area contributed by atoms with Crippen molar-refractivity contribution in [3.8, 4) is 0 Å². The van der Waals surface area contributed by atoms with Gasteiger partial charge in [-0.1, -0.05) is 11.6 Å². The molecule has 1 aliphatic heterocycles. The van der Waals surface area contributed by atoms with E-state index >= 15 is 0 Å². The van der Waals surface area contributed by atoms with Crippen LogP contribution < -0.4 is 16.0 Å². The molecule has 9 heteroatoms. The van der Waals surface area contributed by atoms with E-state index in [4.69, 9.17) is 17.3 Å². The molecule has 1 aromatic heterocycles. The first kappa shape index (κ1) is 21.9. The molecular formula is C25H29ClFN5O2. The number of hydrogen-bond donors (Lipinski definition) is 2. The number of nitrogens with zero attached hydrogens (tertiary/aromatic N) is 3. The van der Waals surface area contributed by atoms with E-state index in [2.05, 4.69) is 15.3 Å². The largest absolute Gasteiger partial charge is 0.369 e. The number of nitrogens with two attached hydrogens (primary N) is 1. The Hall–Kier alpha value is -2.61. The van der Waals surface area contributed by atoms with E-state index < -0.39 is 5.82 Å². The molecule has 7 rings (SSSR count). The number of carbonyl (C=O) groups is 2. The topological polar surface area (TPSA) is 93.2 Å². The van der Waals surface area contributed by atoms with Crippen molar-refractivity contribution in [2.75, 3.05) is 11.4 Å². The molecule has 4 fully saturated rings. The lowest BCUT2D eigenvalue weighted by Gasteiger charge is -2.58. The molecule has 180 valence electrons. The van der Waals surface area contributed by atoms with E-state index in [0.717, 1.165) is 54.7 Å². The van der Waals surface area contributed by atoms with Crippen LogP contribution in [0.1, 0.15) is 53.7 Å². The first-order valence-electron chi connectivity index (χ1n) is 12.1. The highest BCUT2D eigenvalue weighted by Gasteiger charge is 2.58. The van der Waals surface area contributed by atoms with Crippen molar-refractivity contribution in [2.24, 2.45) is 36.0 Å². The first-order chi connectivity index (χ1) is 16.2. The molecule has 2 aromatic rings. The number of nitrogens with one attached hydrogen (secondary N) is 1. The third kappa shape index (κ3) is 3.10. The van der Waals surface area contributed by atoms with E-state index in [1.54, 1.807) is 10.7 Å². The molecule has 34 heavy (non-hydrogen) atoms. The number of hydrogen-bond acceptors (Lipinski definition) is 4. The molecule has 2 amide bonds. The van der Waals surface area contributed by atoms with Crippen LogP contribution in [0.3, 0.4) is 0 Å². The number of anilines is 2. The molecule has 0 spiro atoms. The molecule has 0 radical (unpaired) electrons. The Bertz CT molecular complexity index is 1210. The van der Waals surface area contributed by atoms with Crippen molar-refractivity contribution in [1.29, 1.82) is 0 Å². The van der Waals surface area contributed by atoms with Gasteiger partial charge in [-0.05, 0) is 80.9 Å². The van der Waals surface area contributed by atoms with Crippen molar-refractivity contribution < 1.29 is 14.0 Å². The minimum atomic E-state index is -0.419. The van der Waals surface area contributed by atoms with Crippen molar-refractivity contribution >= 4 is 34.9 Å². The Labute approximate surface area is 202 Å². The molecule has 2 heterocycles. The Kier molecular flexibility index (Phi) is 4.79. The number of benzene rings is 1. The maximum atomic E-state index is 13.9. The Morgan fingerprint density at radius 2 is 1.94 bits per heavy atom. The average Bonchev–Trinajstić information content (AvgIpc) is 3.29. The van der Waals surface area contributed by atoms with Gasteiger partial charge in [0.2, 0.25) is 5.91 Å². The van der Waals surface area contributed by atoms with Crippen molar-refractivity contribution in [3.63, 3.8) is 0 Å². The maximum absolute atomic E-state index is 13.9. The summed E-state index contributed by atoms with van der Waals surface area (Å²) in [4.78, 5) is 27.7. The fourth-order valence-electron chi connectivity index (χ4n) is 7.60. The Morgan fingerprint density at radius 1 is 1.24 bits per heavy atom. The van der Waals surface area contributed by atoms with Crippen LogP contribution in [0.15, 0.2) is 12.1 Å². The molecule has 4 aliphatic carbocycles. The summed E-state index contributed by atoms with van der Waals surface area (Å²) in [6, 6.07) is 3.19. The summed E-state index contributed by atoms with van der Waals surface area (Å²) in [7, 11) is 1.82. The second-order valence-electron chi connectivity index (χ2n) is 10.8. The van der Waals surface area contributed by atoms with Crippen LogP contribution in [0, 0.1) is 35.9 Å². The van der Waals surface area contributed by atoms with E-state index in [0.29, 0.717) is 24.6 Å². The van der Waals surface area contributed by atoms with E-state index in [9.17, 15) is 14.0 Å². The third-order valence-electron chi connectivity index (χ3n) is 8.83. The van der Waals surface area contributed by atoms with Crippen LogP contribution in [-0.4, -0.2) is 34.2 Å². The molecule has 1 aromatic carbocycles. The Morgan fingerprint density at radius 3 is 2.62 bits per heavy atom. The highest BCUT2D eigenvalue weighted by atomic mass is 35.5. The number of rotatable bonds is 4.